The van der Waals surface area contributed by atoms with Gasteiger partial charge in [-0.25, -0.2) is 0 Å². The highest BCUT2D eigenvalue weighted by atomic mass is 35.5. The predicted molar refractivity (Wildman–Crippen MR) is 87.1 cm³/mol. The molecule has 0 aliphatic carbocycles. The first-order valence-corrected chi connectivity index (χ1v) is 7.18. The van der Waals surface area contributed by atoms with Gasteiger partial charge in [-0.3, -0.25) is 4.79 Å². The third-order valence-electron chi connectivity index (χ3n) is 3.21. The van der Waals surface area contributed by atoms with Crippen molar-refractivity contribution in [2.75, 3.05) is 5.32 Å². The Kier molecular flexibility index (Phi) is 3.86. The first-order valence-electron chi connectivity index (χ1n) is 6.43. The molecule has 1 aromatic heterocycles. The molecule has 0 saturated carbocycles. The lowest BCUT2D eigenvalue weighted by atomic mass is 10.1. The number of rotatable bonds is 3. The molecular formula is C16H12Cl2N2O. The number of nitrogens with one attached hydrogen (secondary N) is 2. The van der Waals surface area contributed by atoms with Gasteiger partial charge in [0, 0.05) is 32.8 Å². The molecule has 21 heavy (non-hydrogen) atoms. The van der Waals surface area contributed by atoms with Crippen LogP contribution in [0.4, 0.5) is 5.69 Å². The molecule has 3 aromatic rings. The Morgan fingerprint density at radius 3 is 2.52 bits per heavy atom. The summed E-state index contributed by atoms with van der Waals surface area (Å²) in [7, 11) is 0. The van der Waals surface area contributed by atoms with Gasteiger partial charge in [-0.2, -0.15) is 0 Å². The Labute approximate surface area is 131 Å². The number of halogens is 2. The van der Waals surface area contributed by atoms with E-state index in [1.54, 1.807) is 24.3 Å². The first-order chi connectivity index (χ1) is 10.1. The van der Waals surface area contributed by atoms with Gasteiger partial charge in [0.15, 0.2) is 0 Å². The topological polar surface area (TPSA) is 44.9 Å². The van der Waals surface area contributed by atoms with E-state index in [0.29, 0.717) is 16.5 Å². The summed E-state index contributed by atoms with van der Waals surface area (Å²) in [6.45, 7) is 0. The molecular weight excluding hydrogens is 307 g/mol. The molecule has 0 aliphatic heterocycles. The molecule has 0 saturated heterocycles. The third kappa shape index (κ3) is 3.20. The molecule has 1 amide bonds. The second-order valence-corrected chi connectivity index (χ2v) is 5.61. The van der Waals surface area contributed by atoms with E-state index < -0.39 is 0 Å². The molecule has 1 heterocycles. The molecule has 0 atom stereocenters. The van der Waals surface area contributed by atoms with Gasteiger partial charge in [0.2, 0.25) is 5.91 Å². The van der Waals surface area contributed by atoms with Crippen LogP contribution in [0.2, 0.25) is 10.0 Å². The van der Waals surface area contributed by atoms with Crippen LogP contribution < -0.4 is 5.32 Å². The molecule has 2 N–H and O–H groups in total. The average Bonchev–Trinajstić information content (AvgIpc) is 2.83. The average molecular weight is 319 g/mol. The second-order valence-electron chi connectivity index (χ2n) is 4.74. The van der Waals surface area contributed by atoms with Crippen molar-refractivity contribution in [1.29, 1.82) is 0 Å². The van der Waals surface area contributed by atoms with E-state index in [0.717, 1.165) is 22.2 Å². The van der Waals surface area contributed by atoms with Crippen LogP contribution >= 0.6 is 23.2 Å². The van der Waals surface area contributed by atoms with Crippen molar-refractivity contribution in [3.05, 3.63) is 64.3 Å². The lowest BCUT2D eigenvalue weighted by Crippen LogP contribution is -2.14. The van der Waals surface area contributed by atoms with Crippen molar-refractivity contribution in [2.45, 2.75) is 6.42 Å². The maximum Gasteiger partial charge on any atom is 0.228 e. The molecule has 0 fully saturated rings. The highest BCUT2D eigenvalue weighted by Crippen LogP contribution is 2.22. The van der Waals surface area contributed by atoms with Crippen molar-refractivity contribution in [1.82, 2.24) is 4.98 Å². The van der Waals surface area contributed by atoms with Gasteiger partial charge in [0.1, 0.15) is 0 Å². The molecule has 0 spiro atoms. The number of hydrogen-bond acceptors (Lipinski definition) is 1. The monoisotopic (exact) mass is 318 g/mol. The lowest BCUT2D eigenvalue weighted by molar-refractivity contribution is -0.115. The van der Waals surface area contributed by atoms with Gasteiger partial charge in [0.25, 0.3) is 0 Å². The molecule has 0 unspecified atom stereocenters. The Balaban J connectivity index is 1.75. The molecule has 0 bridgehead atoms. The van der Waals surface area contributed by atoms with Crippen molar-refractivity contribution in [3.63, 3.8) is 0 Å². The molecule has 5 heteroatoms. The zero-order valence-corrected chi connectivity index (χ0v) is 12.5. The number of anilines is 1. The second kappa shape index (κ2) is 5.80. The van der Waals surface area contributed by atoms with Crippen LogP contribution in [-0.2, 0) is 11.2 Å². The van der Waals surface area contributed by atoms with Crippen LogP contribution in [0, 0.1) is 0 Å². The number of carbonyl (C=O) groups is 1. The standard InChI is InChI=1S/C16H12Cl2N2O/c17-11-1-4-13(5-2-11)20-16(21)7-10-9-19-15-8-12(18)3-6-14(10)15/h1-6,8-9,19H,7H2,(H,20,21). The van der Waals surface area contributed by atoms with E-state index >= 15 is 0 Å². The van der Waals surface area contributed by atoms with E-state index in [2.05, 4.69) is 10.3 Å². The molecule has 2 aromatic carbocycles. The van der Waals surface area contributed by atoms with Crippen molar-refractivity contribution < 1.29 is 4.79 Å². The zero-order chi connectivity index (χ0) is 14.8. The van der Waals surface area contributed by atoms with E-state index in [-0.39, 0.29) is 5.91 Å². The van der Waals surface area contributed by atoms with Crippen LogP contribution in [0.15, 0.2) is 48.7 Å². The molecule has 3 rings (SSSR count). The van der Waals surface area contributed by atoms with Gasteiger partial charge in [-0.15, -0.1) is 0 Å². The summed E-state index contributed by atoms with van der Waals surface area (Å²) in [6.07, 6.45) is 2.13. The van der Waals surface area contributed by atoms with Gasteiger partial charge in [-0.05, 0) is 42.0 Å². The number of hydrogen-bond donors (Lipinski definition) is 2. The lowest BCUT2D eigenvalue weighted by Gasteiger charge is -2.05. The Hall–Kier alpha value is -1.97. The number of H-pyrrole nitrogens is 1. The smallest absolute Gasteiger partial charge is 0.228 e. The fourth-order valence-electron chi connectivity index (χ4n) is 2.22. The van der Waals surface area contributed by atoms with Gasteiger partial charge >= 0.3 is 0 Å². The number of aromatic nitrogens is 1. The summed E-state index contributed by atoms with van der Waals surface area (Å²) in [4.78, 5) is 15.2. The van der Waals surface area contributed by atoms with Crippen LogP contribution in [0.25, 0.3) is 10.9 Å². The van der Waals surface area contributed by atoms with Gasteiger partial charge in [-0.1, -0.05) is 29.3 Å². The maximum atomic E-state index is 12.1. The van der Waals surface area contributed by atoms with Crippen molar-refractivity contribution in [2.24, 2.45) is 0 Å². The fraction of sp³-hybridized carbons (Fsp3) is 0.0625. The largest absolute Gasteiger partial charge is 0.361 e. The fourth-order valence-corrected chi connectivity index (χ4v) is 2.51. The summed E-state index contributed by atoms with van der Waals surface area (Å²) in [5.74, 6) is -0.0758. The minimum atomic E-state index is -0.0758. The molecule has 3 nitrogen and oxygen atoms in total. The number of benzene rings is 2. The molecule has 0 radical (unpaired) electrons. The summed E-state index contributed by atoms with van der Waals surface area (Å²) >= 11 is 11.8. The first kappa shape index (κ1) is 14.0. The van der Waals surface area contributed by atoms with E-state index in [1.165, 1.54) is 0 Å². The van der Waals surface area contributed by atoms with Gasteiger partial charge < -0.3 is 10.3 Å². The highest BCUT2D eigenvalue weighted by Gasteiger charge is 2.09. The Morgan fingerprint density at radius 2 is 1.76 bits per heavy atom. The number of carbonyl (C=O) groups excluding carboxylic acids is 1. The summed E-state index contributed by atoms with van der Waals surface area (Å²) in [5.41, 5.74) is 2.59. The Morgan fingerprint density at radius 1 is 1.05 bits per heavy atom. The van der Waals surface area contributed by atoms with Crippen LogP contribution in [0.5, 0.6) is 0 Å². The van der Waals surface area contributed by atoms with Gasteiger partial charge in [0.05, 0.1) is 6.42 Å². The summed E-state index contributed by atoms with van der Waals surface area (Å²) in [6, 6.07) is 12.6. The van der Waals surface area contributed by atoms with Crippen LogP contribution in [0.3, 0.4) is 0 Å². The molecule has 106 valence electrons. The highest BCUT2D eigenvalue weighted by molar-refractivity contribution is 6.31. The quantitative estimate of drug-likeness (QED) is 0.725. The van der Waals surface area contributed by atoms with E-state index in [1.807, 2.05) is 24.4 Å². The van der Waals surface area contributed by atoms with E-state index in [4.69, 9.17) is 23.2 Å². The number of amides is 1. The minimum absolute atomic E-state index is 0.0758. The van der Waals surface area contributed by atoms with Crippen LogP contribution in [-0.4, -0.2) is 10.9 Å². The number of fused-ring (bicyclic) bond motifs is 1. The predicted octanol–water partition coefficient (Wildman–Crippen LogP) is 4.66. The number of aromatic amines is 1. The normalized spacial score (nSPS) is 10.8. The van der Waals surface area contributed by atoms with Crippen molar-refractivity contribution in [3.8, 4) is 0 Å². The SMILES string of the molecule is O=C(Cc1c[nH]c2cc(Cl)ccc12)Nc1ccc(Cl)cc1. The molecule has 0 aliphatic rings. The Bertz CT molecular complexity index is 794. The maximum absolute atomic E-state index is 12.1. The minimum Gasteiger partial charge on any atom is -0.361 e. The summed E-state index contributed by atoms with van der Waals surface area (Å²) in [5, 5.41) is 5.16. The van der Waals surface area contributed by atoms with Crippen LogP contribution in [0.1, 0.15) is 5.56 Å². The zero-order valence-electron chi connectivity index (χ0n) is 11.0. The van der Waals surface area contributed by atoms with Crippen molar-refractivity contribution >= 4 is 45.7 Å². The van der Waals surface area contributed by atoms with E-state index in [9.17, 15) is 4.79 Å². The summed E-state index contributed by atoms with van der Waals surface area (Å²) < 4.78 is 0. The third-order valence-corrected chi connectivity index (χ3v) is 3.70.